The van der Waals surface area contributed by atoms with Crippen molar-refractivity contribution in [2.75, 3.05) is 6.61 Å². The molecule has 30 heavy (non-hydrogen) atoms. The predicted octanol–water partition coefficient (Wildman–Crippen LogP) is 4.47. The summed E-state index contributed by atoms with van der Waals surface area (Å²) < 4.78 is 17.9. The number of phenolic OH excluding ortho intramolecular Hbond substituents is 1. The molecule has 2 aliphatic rings. The van der Waals surface area contributed by atoms with Gasteiger partial charge in [0.1, 0.15) is 11.5 Å². The highest BCUT2D eigenvalue weighted by molar-refractivity contribution is 6.62. The first kappa shape index (κ1) is 22.4. The highest BCUT2D eigenvalue weighted by atomic mass is 16.7. The van der Waals surface area contributed by atoms with Crippen LogP contribution in [0.15, 0.2) is 42.5 Å². The zero-order valence-corrected chi connectivity index (χ0v) is 18.7. The lowest BCUT2D eigenvalue weighted by atomic mass is 9.77. The Bertz CT molecular complexity index is 906. The van der Waals surface area contributed by atoms with Gasteiger partial charge in [0, 0.05) is 0 Å². The van der Waals surface area contributed by atoms with Crippen LogP contribution in [0, 0.1) is 0 Å². The van der Waals surface area contributed by atoms with Crippen molar-refractivity contribution in [2.45, 2.75) is 65.1 Å². The molecule has 2 aliphatic heterocycles. The summed E-state index contributed by atoms with van der Waals surface area (Å²) in [6.45, 7) is 12.8. The van der Waals surface area contributed by atoms with E-state index in [0.717, 1.165) is 24.2 Å². The van der Waals surface area contributed by atoms with E-state index in [-0.39, 0.29) is 29.9 Å². The van der Waals surface area contributed by atoms with Gasteiger partial charge in [-0.15, -0.1) is 0 Å². The Hall–Kier alpha value is -2.31. The number of aromatic hydroxyl groups is 1. The number of carbonyl (C=O) groups excluding carboxylic acids is 1. The topological polar surface area (TPSA) is 65.0 Å². The molecule has 4 rings (SSSR count). The van der Waals surface area contributed by atoms with E-state index < -0.39 is 0 Å². The Kier molecular flexibility index (Phi) is 6.30. The molecule has 5 nitrogen and oxygen atoms in total. The van der Waals surface area contributed by atoms with Gasteiger partial charge in [-0.25, -0.2) is 0 Å². The van der Waals surface area contributed by atoms with Crippen LogP contribution in [0.25, 0.3) is 0 Å². The van der Waals surface area contributed by atoms with Crippen molar-refractivity contribution in [3.05, 3.63) is 53.6 Å². The molecule has 0 bridgehead atoms. The van der Waals surface area contributed by atoms with Crippen LogP contribution in [0.1, 0.15) is 69.8 Å². The normalized spacial score (nSPS) is 21.1. The molecule has 0 radical (unpaired) electrons. The Labute approximate surface area is 179 Å². The van der Waals surface area contributed by atoms with Gasteiger partial charge in [-0.2, -0.15) is 0 Å². The molecule has 160 valence electrons. The number of fused-ring (bicyclic) bond motifs is 1. The number of rotatable bonds is 2. The summed E-state index contributed by atoms with van der Waals surface area (Å²) in [5, 5.41) is 9.06. The van der Waals surface area contributed by atoms with E-state index in [1.165, 1.54) is 18.6 Å². The van der Waals surface area contributed by atoms with Crippen LogP contribution in [0.5, 0.6) is 11.5 Å². The standard InChI is InChI=1S/C16H23BO3.C8H8O2/c1-11-8-9-18-14-7-6-12(10-13(11)14)17-19-15(2,3)16(4,5)20-17;1-6(9)7-4-2-3-5-8(7)10/h6-7,10-11H,8-9H2,1-5H3;2-5,10H,1H3. The summed E-state index contributed by atoms with van der Waals surface area (Å²) in [4.78, 5) is 10.7. The van der Waals surface area contributed by atoms with Crippen molar-refractivity contribution in [3.8, 4) is 11.5 Å². The summed E-state index contributed by atoms with van der Waals surface area (Å²) in [6, 6.07) is 12.8. The van der Waals surface area contributed by atoms with Crippen molar-refractivity contribution in [1.29, 1.82) is 0 Å². The van der Waals surface area contributed by atoms with Gasteiger partial charge >= 0.3 is 7.12 Å². The number of benzene rings is 2. The van der Waals surface area contributed by atoms with Crippen molar-refractivity contribution in [3.63, 3.8) is 0 Å². The van der Waals surface area contributed by atoms with Crippen LogP contribution in [0.4, 0.5) is 0 Å². The predicted molar refractivity (Wildman–Crippen MR) is 119 cm³/mol. The number of carbonyl (C=O) groups is 1. The van der Waals surface area contributed by atoms with Gasteiger partial charge in [0.2, 0.25) is 0 Å². The molecule has 1 unspecified atom stereocenters. The van der Waals surface area contributed by atoms with Gasteiger partial charge in [0.25, 0.3) is 0 Å². The van der Waals surface area contributed by atoms with Gasteiger partial charge in [0.15, 0.2) is 5.78 Å². The van der Waals surface area contributed by atoms with E-state index >= 15 is 0 Å². The number of Topliss-reactive ketones (excluding diaryl/α,β-unsaturated/α-hetero) is 1. The molecule has 0 saturated carbocycles. The van der Waals surface area contributed by atoms with Crippen LogP contribution in [-0.2, 0) is 9.31 Å². The van der Waals surface area contributed by atoms with Crippen LogP contribution < -0.4 is 10.2 Å². The fourth-order valence-electron chi connectivity index (χ4n) is 3.48. The average Bonchev–Trinajstić information content (AvgIpc) is 2.90. The maximum absolute atomic E-state index is 10.7. The quantitative estimate of drug-likeness (QED) is 0.585. The zero-order valence-electron chi connectivity index (χ0n) is 18.7. The van der Waals surface area contributed by atoms with Crippen LogP contribution in [0.2, 0.25) is 0 Å². The summed E-state index contributed by atoms with van der Waals surface area (Å²) >= 11 is 0. The lowest BCUT2D eigenvalue weighted by Crippen LogP contribution is -2.41. The smallest absolute Gasteiger partial charge is 0.494 e. The lowest BCUT2D eigenvalue weighted by Gasteiger charge is -2.32. The molecule has 2 aromatic carbocycles. The molecule has 1 saturated heterocycles. The van der Waals surface area contributed by atoms with Crippen molar-refractivity contribution >= 4 is 18.4 Å². The first-order chi connectivity index (χ1) is 14.0. The molecule has 1 fully saturated rings. The largest absolute Gasteiger partial charge is 0.507 e. The molecule has 6 heteroatoms. The average molecular weight is 410 g/mol. The SMILES string of the molecule is CC(=O)c1ccccc1O.CC1CCOc2ccc(B3OC(C)(C)C(C)(C)O3)cc21. The second-order valence-electron chi connectivity index (χ2n) is 9.00. The molecule has 2 aromatic rings. The van der Waals surface area contributed by atoms with Gasteiger partial charge in [-0.3, -0.25) is 4.79 Å². The molecule has 0 aromatic heterocycles. The summed E-state index contributed by atoms with van der Waals surface area (Å²) in [5.74, 6) is 1.47. The van der Waals surface area contributed by atoms with Gasteiger partial charge in [0.05, 0.1) is 23.4 Å². The molecular formula is C24H31BO5. The molecule has 1 atom stereocenters. The van der Waals surface area contributed by atoms with E-state index in [0.29, 0.717) is 11.5 Å². The van der Waals surface area contributed by atoms with Crippen molar-refractivity contribution < 1.29 is 23.9 Å². The lowest BCUT2D eigenvalue weighted by molar-refractivity contribution is 0.00578. The second-order valence-corrected chi connectivity index (χ2v) is 9.00. The third-order valence-corrected chi connectivity index (χ3v) is 6.18. The molecule has 0 amide bonds. The minimum absolute atomic E-state index is 0.0509. The number of ketones is 1. The van der Waals surface area contributed by atoms with Crippen LogP contribution in [0.3, 0.4) is 0 Å². The second kappa shape index (κ2) is 8.44. The highest BCUT2D eigenvalue weighted by Crippen LogP contribution is 2.38. The molecule has 0 aliphatic carbocycles. The molecule has 2 heterocycles. The first-order valence-electron chi connectivity index (χ1n) is 10.4. The third kappa shape index (κ3) is 4.55. The van der Waals surface area contributed by atoms with Crippen molar-refractivity contribution in [2.24, 2.45) is 0 Å². The number of phenols is 1. The maximum Gasteiger partial charge on any atom is 0.494 e. The minimum Gasteiger partial charge on any atom is -0.507 e. The van der Waals surface area contributed by atoms with Crippen LogP contribution in [-0.4, -0.2) is 35.8 Å². The van der Waals surface area contributed by atoms with E-state index in [9.17, 15) is 4.79 Å². The number of hydrogen-bond acceptors (Lipinski definition) is 5. The number of para-hydroxylation sites is 1. The van der Waals surface area contributed by atoms with E-state index in [1.54, 1.807) is 18.2 Å². The fraction of sp³-hybridized carbons (Fsp3) is 0.458. The van der Waals surface area contributed by atoms with E-state index in [2.05, 4.69) is 46.8 Å². The number of ether oxygens (including phenoxy) is 1. The van der Waals surface area contributed by atoms with E-state index in [1.807, 2.05) is 6.07 Å². The Morgan fingerprint density at radius 2 is 1.70 bits per heavy atom. The Morgan fingerprint density at radius 1 is 1.07 bits per heavy atom. The fourth-order valence-corrected chi connectivity index (χ4v) is 3.48. The highest BCUT2D eigenvalue weighted by Gasteiger charge is 2.51. The monoisotopic (exact) mass is 410 g/mol. The summed E-state index contributed by atoms with van der Waals surface area (Å²) in [5.41, 5.74) is 2.14. The third-order valence-electron chi connectivity index (χ3n) is 6.18. The maximum atomic E-state index is 10.7. The van der Waals surface area contributed by atoms with Gasteiger partial charge in [-0.1, -0.05) is 31.2 Å². The van der Waals surface area contributed by atoms with Crippen molar-refractivity contribution in [1.82, 2.24) is 0 Å². The molecule has 1 N–H and O–H groups in total. The van der Waals surface area contributed by atoms with Crippen LogP contribution >= 0.6 is 0 Å². The Morgan fingerprint density at radius 3 is 2.27 bits per heavy atom. The molecule has 0 spiro atoms. The number of hydrogen-bond donors (Lipinski definition) is 1. The van der Waals surface area contributed by atoms with Gasteiger partial charge < -0.3 is 19.2 Å². The molecular weight excluding hydrogens is 379 g/mol. The Balaban J connectivity index is 0.000000216. The van der Waals surface area contributed by atoms with Gasteiger partial charge in [-0.05, 0) is 76.2 Å². The summed E-state index contributed by atoms with van der Waals surface area (Å²) in [7, 11) is -0.292. The first-order valence-corrected chi connectivity index (χ1v) is 10.4. The zero-order chi connectivity index (χ0) is 22.1. The summed E-state index contributed by atoms with van der Waals surface area (Å²) in [6.07, 6.45) is 1.07. The van der Waals surface area contributed by atoms with E-state index in [4.69, 9.17) is 19.2 Å². The minimum atomic E-state index is -0.296.